The van der Waals surface area contributed by atoms with E-state index in [1.54, 1.807) is 6.92 Å². The normalized spacial score (nSPS) is 11.7. The van der Waals surface area contributed by atoms with Gasteiger partial charge in [-0.25, -0.2) is 4.79 Å². The molecule has 0 aliphatic rings. The van der Waals surface area contributed by atoms with Crippen molar-refractivity contribution in [1.29, 1.82) is 0 Å². The molecule has 2 amide bonds. The molecular formula is C15H22N2O3. The van der Waals surface area contributed by atoms with Crippen LogP contribution in [0.15, 0.2) is 24.3 Å². The van der Waals surface area contributed by atoms with Crippen molar-refractivity contribution in [3.63, 3.8) is 0 Å². The monoisotopic (exact) mass is 278 g/mol. The second-order valence-corrected chi connectivity index (χ2v) is 4.78. The van der Waals surface area contributed by atoms with Gasteiger partial charge in [0.15, 0.2) is 0 Å². The molecule has 0 radical (unpaired) electrons. The summed E-state index contributed by atoms with van der Waals surface area (Å²) in [6.07, 6.45) is 1.41. The van der Waals surface area contributed by atoms with E-state index in [0.29, 0.717) is 13.0 Å². The van der Waals surface area contributed by atoms with Crippen molar-refractivity contribution in [1.82, 2.24) is 10.6 Å². The van der Waals surface area contributed by atoms with Crippen LogP contribution >= 0.6 is 0 Å². The number of carbonyl (C=O) groups excluding carboxylic acids is 1. The van der Waals surface area contributed by atoms with Gasteiger partial charge in [-0.1, -0.05) is 31.2 Å². The first-order valence-corrected chi connectivity index (χ1v) is 6.85. The third kappa shape index (κ3) is 5.73. The van der Waals surface area contributed by atoms with Gasteiger partial charge in [0.05, 0.1) is 0 Å². The molecule has 110 valence electrons. The molecular weight excluding hydrogens is 256 g/mol. The lowest BCUT2D eigenvalue weighted by Gasteiger charge is -2.14. The maximum Gasteiger partial charge on any atom is 0.315 e. The van der Waals surface area contributed by atoms with Gasteiger partial charge in [0.2, 0.25) is 0 Å². The molecule has 5 nitrogen and oxygen atoms in total. The quantitative estimate of drug-likeness (QED) is 0.716. The molecule has 5 heteroatoms. The van der Waals surface area contributed by atoms with E-state index in [-0.39, 0.29) is 18.5 Å². The standard InChI is InChI=1S/C15H22N2O3/c1-3-12-6-4-5-7-13(12)10-16-15(20)17-11(2)8-9-14(18)19/h4-7,11H,3,8-10H2,1-2H3,(H,18,19)(H2,16,17,20). The Morgan fingerprint density at radius 2 is 1.90 bits per heavy atom. The highest BCUT2D eigenvalue weighted by atomic mass is 16.4. The van der Waals surface area contributed by atoms with Crippen molar-refractivity contribution < 1.29 is 14.7 Å². The Hall–Kier alpha value is -2.04. The largest absolute Gasteiger partial charge is 0.481 e. The number of aryl methyl sites for hydroxylation is 1. The molecule has 1 unspecified atom stereocenters. The van der Waals surface area contributed by atoms with Gasteiger partial charge in [-0.05, 0) is 30.9 Å². The van der Waals surface area contributed by atoms with E-state index in [9.17, 15) is 9.59 Å². The number of carboxylic acid groups (broad SMARTS) is 1. The highest BCUT2D eigenvalue weighted by Gasteiger charge is 2.09. The molecule has 1 aromatic rings. The number of hydrogen-bond acceptors (Lipinski definition) is 2. The topological polar surface area (TPSA) is 78.4 Å². The molecule has 0 heterocycles. The van der Waals surface area contributed by atoms with Crippen LogP contribution in [0.4, 0.5) is 4.79 Å². The first-order chi connectivity index (χ1) is 9.52. The lowest BCUT2D eigenvalue weighted by molar-refractivity contribution is -0.137. The molecule has 0 spiro atoms. The number of aliphatic carboxylic acids is 1. The summed E-state index contributed by atoms with van der Waals surface area (Å²) in [7, 11) is 0. The number of amides is 2. The first-order valence-electron chi connectivity index (χ1n) is 6.85. The summed E-state index contributed by atoms with van der Waals surface area (Å²) in [6.45, 7) is 4.34. The highest BCUT2D eigenvalue weighted by Crippen LogP contribution is 2.08. The number of nitrogens with one attached hydrogen (secondary N) is 2. The summed E-state index contributed by atoms with van der Waals surface area (Å²) in [4.78, 5) is 22.1. The molecule has 0 aliphatic carbocycles. The number of rotatable bonds is 7. The predicted molar refractivity (Wildman–Crippen MR) is 77.5 cm³/mol. The predicted octanol–water partition coefficient (Wildman–Crippen LogP) is 2.30. The minimum atomic E-state index is -0.851. The van der Waals surface area contributed by atoms with Crippen LogP contribution in [-0.4, -0.2) is 23.1 Å². The van der Waals surface area contributed by atoms with Crippen LogP contribution in [0, 0.1) is 0 Å². The third-order valence-corrected chi connectivity index (χ3v) is 3.11. The van der Waals surface area contributed by atoms with Crippen molar-refractivity contribution in [3.8, 4) is 0 Å². The Labute approximate surface area is 119 Å². The number of carboxylic acids is 1. The smallest absolute Gasteiger partial charge is 0.315 e. The lowest BCUT2D eigenvalue weighted by Crippen LogP contribution is -2.40. The second kappa shape index (κ2) is 8.19. The fourth-order valence-corrected chi connectivity index (χ4v) is 1.94. The molecule has 1 aromatic carbocycles. The molecule has 0 saturated heterocycles. The Morgan fingerprint density at radius 1 is 1.25 bits per heavy atom. The minimum absolute atomic E-state index is 0.0557. The zero-order valence-corrected chi connectivity index (χ0v) is 12.0. The summed E-state index contributed by atoms with van der Waals surface area (Å²) < 4.78 is 0. The van der Waals surface area contributed by atoms with Crippen molar-refractivity contribution in [2.45, 2.75) is 45.7 Å². The second-order valence-electron chi connectivity index (χ2n) is 4.78. The van der Waals surface area contributed by atoms with Crippen LogP contribution in [-0.2, 0) is 17.8 Å². The number of urea groups is 1. The van der Waals surface area contributed by atoms with Crippen molar-refractivity contribution in [2.75, 3.05) is 0 Å². The van der Waals surface area contributed by atoms with E-state index >= 15 is 0 Å². The molecule has 1 atom stereocenters. The lowest BCUT2D eigenvalue weighted by atomic mass is 10.1. The number of benzene rings is 1. The van der Waals surface area contributed by atoms with E-state index in [4.69, 9.17) is 5.11 Å². The average molecular weight is 278 g/mol. The Kier molecular flexibility index (Phi) is 6.56. The van der Waals surface area contributed by atoms with E-state index in [1.807, 2.05) is 24.3 Å². The summed E-state index contributed by atoms with van der Waals surface area (Å²) in [5.74, 6) is -0.851. The molecule has 1 rings (SSSR count). The van der Waals surface area contributed by atoms with Crippen molar-refractivity contribution in [3.05, 3.63) is 35.4 Å². The van der Waals surface area contributed by atoms with Gasteiger partial charge in [-0.2, -0.15) is 0 Å². The average Bonchev–Trinajstić information content (AvgIpc) is 2.43. The fourth-order valence-electron chi connectivity index (χ4n) is 1.94. The van der Waals surface area contributed by atoms with Crippen LogP contribution in [0.2, 0.25) is 0 Å². The molecule has 20 heavy (non-hydrogen) atoms. The summed E-state index contributed by atoms with van der Waals surface area (Å²) >= 11 is 0. The van der Waals surface area contributed by atoms with E-state index in [1.165, 1.54) is 5.56 Å². The van der Waals surface area contributed by atoms with E-state index in [2.05, 4.69) is 17.6 Å². The van der Waals surface area contributed by atoms with Crippen LogP contribution in [0.3, 0.4) is 0 Å². The van der Waals surface area contributed by atoms with Gasteiger partial charge >= 0.3 is 12.0 Å². The molecule has 0 aliphatic heterocycles. The van der Waals surface area contributed by atoms with Crippen molar-refractivity contribution in [2.24, 2.45) is 0 Å². The highest BCUT2D eigenvalue weighted by molar-refractivity contribution is 5.74. The van der Waals surface area contributed by atoms with E-state index in [0.717, 1.165) is 12.0 Å². The van der Waals surface area contributed by atoms with E-state index < -0.39 is 5.97 Å². The zero-order chi connectivity index (χ0) is 15.0. The Morgan fingerprint density at radius 3 is 2.50 bits per heavy atom. The minimum Gasteiger partial charge on any atom is -0.481 e. The molecule has 3 N–H and O–H groups in total. The number of carbonyl (C=O) groups is 2. The maximum absolute atomic E-state index is 11.7. The van der Waals surface area contributed by atoms with Gasteiger partial charge < -0.3 is 15.7 Å². The number of hydrogen-bond donors (Lipinski definition) is 3. The Bertz CT molecular complexity index is 460. The van der Waals surface area contributed by atoms with Gasteiger partial charge in [-0.3, -0.25) is 4.79 Å². The van der Waals surface area contributed by atoms with Crippen LogP contribution in [0.5, 0.6) is 0 Å². The molecule has 0 fully saturated rings. The van der Waals surface area contributed by atoms with Gasteiger partial charge in [-0.15, -0.1) is 0 Å². The van der Waals surface area contributed by atoms with Crippen molar-refractivity contribution >= 4 is 12.0 Å². The SMILES string of the molecule is CCc1ccccc1CNC(=O)NC(C)CCC(=O)O. The maximum atomic E-state index is 11.7. The van der Waals surface area contributed by atoms with Crippen LogP contribution in [0.1, 0.15) is 37.8 Å². The van der Waals surface area contributed by atoms with Gasteiger partial charge in [0.1, 0.15) is 0 Å². The van der Waals surface area contributed by atoms with Gasteiger partial charge in [0, 0.05) is 19.0 Å². The zero-order valence-electron chi connectivity index (χ0n) is 12.0. The Balaban J connectivity index is 2.37. The summed E-state index contributed by atoms with van der Waals surface area (Å²) in [5.41, 5.74) is 2.31. The fraction of sp³-hybridized carbons (Fsp3) is 0.467. The first kappa shape index (κ1) is 16.0. The van der Waals surface area contributed by atoms with Crippen LogP contribution < -0.4 is 10.6 Å². The van der Waals surface area contributed by atoms with Crippen LogP contribution in [0.25, 0.3) is 0 Å². The summed E-state index contributed by atoms with van der Waals surface area (Å²) in [6, 6.07) is 7.54. The van der Waals surface area contributed by atoms with Gasteiger partial charge in [0.25, 0.3) is 0 Å². The summed E-state index contributed by atoms with van der Waals surface area (Å²) in [5, 5.41) is 14.1. The third-order valence-electron chi connectivity index (χ3n) is 3.11. The molecule has 0 saturated carbocycles. The molecule has 0 aromatic heterocycles. The molecule has 0 bridgehead atoms.